The minimum atomic E-state index is -2.24. The number of hydrogen-bond donors (Lipinski definition) is 0. The lowest BCUT2D eigenvalue weighted by Crippen LogP contribution is -2.48. The Bertz CT molecular complexity index is 850. The van der Waals surface area contributed by atoms with Crippen LogP contribution >= 0.6 is 0 Å². The fraction of sp³-hybridized carbons (Fsp3) is 0.600. The molecule has 0 aliphatic carbocycles. The summed E-state index contributed by atoms with van der Waals surface area (Å²) in [7, 11) is -0.795. The summed E-state index contributed by atoms with van der Waals surface area (Å²) in [5.41, 5.74) is 1.31. The lowest BCUT2D eigenvalue weighted by molar-refractivity contribution is -0.385. The largest absolute Gasteiger partial charge is 0.481 e. The van der Waals surface area contributed by atoms with E-state index < -0.39 is 25.1 Å². The van der Waals surface area contributed by atoms with Crippen LogP contribution in [-0.2, 0) is 4.43 Å². The van der Waals surface area contributed by atoms with Crippen molar-refractivity contribution in [1.82, 2.24) is 14.8 Å². The van der Waals surface area contributed by atoms with Gasteiger partial charge in [-0.05, 0) is 22.7 Å². The van der Waals surface area contributed by atoms with E-state index in [9.17, 15) is 14.5 Å². The highest BCUT2D eigenvalue weighted by molar-refractivity contribution is 6.77. The average Bonchev–Trinajstić information content (AvgIpc) is 3.14. The van der Waals surface area contributed by atoms with E-state index in [1.165, 1.54) is 30.3 Å². The molecule has 0 radical (unpaired) electrons. The second-order valence-electron chi connectivity index (χ2n) is 8.33. The molecule has 1 atom stereocenters. The minimum absolute atomic E-state index is 0.150. The van der Waals surface area contributed by atoms with Gasteiger partial charge in [-0.1, -0.05) is 41.5 Å². The van der Waals surface area contributed by atoms with Crippen LogP contribution in [0.4, 0.5) is 10.1 Å². The Hall–Kier alpha value is -2.33. The molecule has 0 saturated heterocycles. The van der Waals surface area contributed by atoms with E-state index in [1.54, 1.807) is 0 Å². The monoisotopic (exact) mass is 438 g/mol. The van der Waals surface area contributed by atoms with Crippen molar-refractivity contribution in [3.63, 3.8) is 0 Å². The molecule has 2 aromatic heterocycles. The van der Waals surface area contributed by atoms with Crippen LogP contribution in [0.1, 0.15) is 53.1 Å². The van der Waals surface area contributed by atoms with Gasteiger partial charge in [-0.3, -0.25) is 14.8 Å². The van der Waals surface area contributed by atoms with Crippen LogP contribution in [0.5, 0.6) is 5.88 Å². The van der Waals surface area contributed by atoms with Gasteiger partial charge in [0.25, 0.3) is 0 Å². The van der Waals surface area contributed by atoms with Crippen LogP contribution in [0.3, 0.4) is 0 Å². The van der Waals surface area contributed by atoms with E-state index >= 15 is 0 Å². The van der Waals surface area contributed by atoms with Crippen LogP contribution in [0.25, 0.3) is 0 Å². The number of nitrogens with zero attached hydrogens (tertiary/aromatic N) is 4. The van der Waals surface area contributed by atoms with Crippen molar-refractivity contribution in [2.75, 3.05) is 13.7 Å². The number of hydrogen-bond acceptors (Lipinski definition) is 6. The van der Waals surface area contributed by atoms with Gasteiger partial charge in [0.05, 0.1) is 24.8 Å². The van der Waals surface area contributed by atoms with Crippen LogP contribution < -0.4 is 4.74 Å². The Morgan fingerprint density at radius 1 is 1.17 bits per heavy atom. The maximum absolute atomic E-state index is 14.1. The molecule has 2 aromatic rings. The van der Waals surface area contributed by atoms with Gasteiger partial charge in [0.1, 0.15) is 24.3 Å². The Morgan fingerprint density at radius 3 is 2.23 bits per heavy atom. The van der Waals surface area contributed by atoms with E-state index in [1.807, 2.05) is 0 Å². The highest BCUT2D eigenvalue weighted by Gasteiger charge is 2.45. The van der Waals surface area contributed by atoms with Gasteiger partial charge >= 0.3 is 5.69 Å². The van der Waals surface area contributed by atoms with Gasteiger partial charge in [-0.15, -0.1) is 0 Å². The van der Waals surface area contributed by atoms with Crippen molar-refractivity contribution in [3.8, 4) is 5.88 Å². The molecule has 10 heteroatoms. The molecule has 166 valence electrons. The van der Waals surface area contributed by atoms with Gasteiger partial charge < -0.3 is 9.16 Å². The SMILES string of the molecule is COc1ncc(F)cc1C(CO[Si](C(C)C)(C(C)C)C(C)C)n1cc([N+](=O)[O-])cn1. The molecule has 0 aliphatic heterocycles. The van der Waals surface area contributed by atoms with Crippen molar-refractivity contribution in [1.29, 1.82) is 0 Å². The highest BCUT2D eigenvalue weighted by atomic mass is 28.4. The maximum Gasteiger partial charge on any atom is 0.307 e. The second-order valence-corrected chi connectivity index (χ2v) is 13.8. The third-order valence-corrected chi connectivity index (χ3v) is 11.8. The molecule has 0 amide bonds. The van der Waals surface area contributed by atoms with E-state index in [2.05, 4.69) is 51.6 Å². The van der Waals surface area contributed by atoms with Gasteiger partial charge in [0, 0.05) is 5.56 Å². The highest BCUT2D eigenvalue weighted by Crippen LogP contribution is 2.43. The van der Waals surface area contributed by atoms with Gasteiger partial charge in [0.2, 0.25) is 5.88 Å². The molecule has 0 spiro atoms. The third kappa shape index (κ3) is 4.70. The first kappa shape index (κ1) is 23.9. The lowest BCUT2D eigenvalue weighted by Gasteiger charge is -2.43. The zero-order valence-corrected chi connectivity index (χ0v) is 19.6. The summed E-state index contributed by atoms with van der Waals surface area (Å²) in [6, 6.07) is 0.691. The molecule has 30 heavy (non-hydrogen) atoms. The summed E-state index contributed by atoms with van der Waals surface area (Å²) < 4.78 is 27.5. The summed E-state index contributed by atoms with van der Waals surface area (Å²) in [5.74, 6) is -0.299. The smallest absolute Gasteiger partial charge is 0.307 e. The Labute approximate surface area is 177 Å². The van der Waals surface area contributed by atoms with Gasteiger partial charge in [-0.2, -0.15) is 5.10 Å². The molecule has 0 aliphatic rings. The number of nitro groups is 1. The summed E-state index contributed by atoms with van der Waals surface area (Å²) in [6.07, 6.45) is 3.56. The lowest BCUT2D eigenvalue weighted by atomic mass is 10.1. The Balaban J connectivity index is 2.54. The summed E-state index contributed by atoms with van der Waals surface area (Å²) in [4.78, 5) is 14.7. The first-order chi connectivity index (χ1) is 14.0. The predicted molar refractivity (Wildman–Crippen MR) is 115 cm³/mol. The zero-order chi connectivity index (χ0) is 22.6. The molecule has 1 unspecified atom stereocenters. The average molecular weight is 439 g/mol. The van der Waals surface area contributed by atoms with Crippen molar-refractivity contribution in [3.05, 3.63) is 46.2 Å². The van der Waals surface area contributed by atoms with Crippen LogP contribution in [0.2, 0.25) is 16.6 Å². The van der Waals surface area contributed by atoms with E-state index in [0.717, 1.165) is 6.20 Å². The van der Waals surface area contributed by atoms with Crippen molar-refractivity contribution >= 4 is 14.0 Å². The molecule has 2 heterocycles. The number of methoxy groups -OCH3 is 1. The van der Waals surface area contributed by atoms with Crippen LogP contribution in [0, 0.1) is 15.9 Å². The minimum Gasteiger partial charge on any atom is -0.481 e. The van der Waals surface area contributed by atoms with Crippen LogP contribution in [-0.4, -0.2) is 41.7 Å². The number of ether oxygens (including phenoxy) is 1. The first-order valence-electron chi connectivity index (χ1n) is 10.1. The first-order valence-corrected chi connectivity index (χ1v) is 12.2. The standard InChI is InChI=1S/C20H31FN4O4Si/c1-13(2)30(14(3)4,15(5)6)29-12-19(24-11-17(10-23-24)25(26)27)18-8-16(21)9-22-20(18)28-7/h8-11,13-15,19H,12H2,1-7H3. The maximum atomic E-state index is 14.1. The summed E-state index contributed by atoms with van der Waals surface area (Å²) >= 11 is 0. The second kappa shape index (κ2) is 9.65. The number of rotatable bonds is 10. The molecular formula is C20H31FN4O4Si. The van der Waals surface area contributed by atoms with Crippen molar-refractivity contribution in [2.24, 2.45) is 0 Å². The Kier molecular flexibility index (Phi) is 7.70. The fourth-order valence-corrected chi connectivity index (χ4v) is 9.92. The molecule has 2 rings (SSSR count). The molecule has 0 N–H and O–H groups in total. The predicted octanol–water partition coefficient (Wildman–Crippen LogP) is 5.12. The van der Waals surface area contributed by atoms with Crippen LogP contribution in [0.15, 0.2) is 24.7 Å². The van der Waals surface area contributed by atoms with Crippen molar-refractivity contribution < 1.29 is 18.5 Å². The molecule has 8 nitrogen and oxygen atoms in total. The number of aromatic nitrogens is 3. The fourth-order valence-electron chi connectivity index (χ4n) is 4.48. The normalized spacial score (nSPS) is 13.3. The molecule has 0 fully saturated rings. The summed E-state index contributed by atoms with van der Waals surface area (Å²) in [5, 5.41) is 15.3. The topological polar surface area (TPSA) is 92.3 Å². The van der Waals surface area contributed by atoms with Gasteiger partial charge in [-0.25, -0.2) is 9.37 Å². The molecule has 0 bridgehead atoms. The van der Waals surface area contributed by atoms with E-state index in [0.29, 0.717) is 22.2 Å². The van der Waals surface area contributed by atoms with E-state index in [-0.39, 0.29) is 18.2 Å². The molecule has 0 saturated carbocycles. The Morgan fingerprint density at radius 2 is 1.77 bits per heavy atom. The quantitative estimate of drug-likeness (QED) is 0.290. The molecular weight excluding hydrogens is 407 g/mol. The summed E-state index contributed by atoms with van der Waals surface area (Å²) in [6.45, 7) is 13.2. The zero-order valence-electron chi connectivity index (χ0n) is 18.6. The van der Waals surface area contributed by atoms with Gasteiger partial charge in [0.15, 0.2) is 8.32 Å². The molecule has 0 aromatic carbocycles. The number of pyridine rings is 1. The number of halogens is 1. The third-order valence-electron chi connectivity index (χ3n) is 5.71. The van der Waals surface area contributed by atoms with E-state index in [4.69, 9.17) is 9.16 Å². The van der Waals surface area contributed by atoms with Crippen molar-refractivity contribution in [2.45, 2.75) is 64.2 Å².